The maximum Gasteiger partial charge on any atom is 0.123 e. The number of rotatable bonds is 4. The number of nitrogens with zero attached hydrogens (tertiary/aromatic N) is 1. The van der Waals surface area contributed by atoms with E-state index in [9.17, 15) is 9.50 Å². The highest BCUT2D eigenvalue weighted by Crippen LogP contribution is 2.34. The Labute approximate surface area is 114 Å². The van der Waals surface area contributed by atoms with Gasteiger partial charge >= 0.3 is 0 Å². The lowest BCUT2D eigenvalue weighted by Gasteiger charge is -2.46. The number of hydrogen-bond acceptors (Lipinski definition) is 3. The lowest BCUT2D eigenvalue weighted by atomic mass is 9.85. The van der Waals surface area contributed by atoms with E-state index < -0.39 is 6.10 Å². The lowest BCUT2D eigenvalue weighted by molar-refractivity contribution is -0.0734. The number of aliphatic hydroxyl groups excluding tert-OH is 1. The van der Waals surface area contributed by atoms with Gasteiger partial charge in [-0.05, 0) is 31.0 Å². The van der Waals surface area contributed by atoms with Gasteiger partial charge in [-0.1, -0.05) is 19.1 Å². The quantitative estimate of drug-likeness (QED) is 0.909. The van der Waals surface area contributed by atoms with E-state index in [4.69, 9.17) is 4.74 Å². The fourth-order valence-electron chi connectivity index (χ4n) is 2.67. The third-order valence-corrected chi connectivity index (χ3v) is 4.22. The summed E-state index contributed by atoms with van der Waals surface area (Å²) >= 11 is 0. The summed E-state index contributed by atoms with van der Waals surface area (Å²) in [7, 11) is 0. The third-order valence-electron chi connectivity index (χ3n) is 4.22. The Balaban J connectivity index is 2.21. The maximum atomic E-state index is 13.0. The second-order valence-corrected chi connectivity index (χ2v) is 5.26. The predicted octanol–water partition coefficient (Wildman–Crippen LogP) is 2.36. The second kappa shape index (κ2) is 5.99. The van der Waals surface area contributed by atoms with Crippen molar-refractivity contribution in [3.8, 4) is 0 Å². The van der Waals surface area contributed by atoms with Crippen LogP contribution in [0, 0.1) is 5.82 Å². The second-order valence-electron chi connectivity index (χ2n) is 5.26. The monoisotopic (exact) mass is 267 g/mol. The van der Waals surface area contributed by atoms with Crippen molar-refractivity contribution in [1.82, 2.24) is 4.90 Å². The molecule has 1 aromatic rings. The zero-order chi connectivity index (χ0) is 13.9. The molecule has 0 aromatic heterocycles. The molecule has 1 fully saturated rings. The van der Waals surface area contributed by atoms with E-state index in [-0.39, 0.29) is 11.4 Å². The Hall–Kier alpha value is -0.970. The summed E-state index contributed by atoms with van der Waals surface area (Å²) in [6.45, 7) is 7.18. The van der Waals surface area contributed by atoms with Crippen molar-refractivity contribution in [3.63, 3.8) is 0 Å². The Kier molecular flexibility index (Phi) is 4.55. The fourth-order valence-corrected chi connectivity index (χ4v) is 2.67. The summed E-state index contributed by atoms with van der Waals surface area (Å²) in [6, 6.07) is 6.12. The average Bonchev–Trinajstić information content (AvgIpc) is 2.47. The van der Waals surface area contributed by atoms with E-state index in [1.54, 1.807) is 12.1 Å². The Morgan fingerprint density at radius 1 is 1.32 bits per heavy atom. The molecule has 4 heteroatoms. The van der Waals surface area contributed by atoms with E-state index in [1.165, 1.54) is 12.1 Å². The highest BCUT2D eigenvalue weighted by Gasteiger charge is 2.38. The first-order valence-electron chi connectivity index (χ1n) is 6.84. The van der Waals surface area contributed by atoms with Gasteiger partial charge in [0.15, 0.2) is 0 Å². The Bertz CT molecular complexity index is 403. The molecule has 2 unspecified atom stereocenters. The molecule has 0 saturated carbocycles. The van der Waals surface area contributed by atoms with Gasteiger partial charge in [0, 0.05) is 18.6 Å². The first-order chi connectivity index (χ1) is 9.08. The van der Waals surface area contributed by atoms with Crippen molar-refractivity contribution in [2.24, 2.45) is 0 Å². The van der Waals surface area contributed by atoms with Gasteiger partial charge in [0.25, 0.3) is 0 Å². The molecule has 1 aliphatic heterocycles. The summed E-state index contributed by atoms with van der Waals surface area (Å²) in [6.07, 6.45) is 0.196. The van der Waals surface area contributed by atoms with Crippen LogP contribution in [0.2, 0.25) is 0 Å². The minimum absolute atomic E-state index is 0.277. The average molecular weight is 267 g/mol. The van der Waals surface area contributed by atoms with Crippen LogP contribution in [0.1, 0.15) is 31.9 Å². The molecule has 1 N–H and O–H groups in total. The third kappa shape index (κ3) is 2.96. The minimum Gasteiger partial charge on any atom is -0.386 e. The van der Waals surface area contributed by atoms with Crippen molar-refractivity contribution in [3.05, 3.63) is 35.6 Å². The van der Waals surface area contributed by atoms with Crippen molar-refractivity contribution >= 4 is 0 Å². The van der Waals surface area contributed by atoms with E-state index >= 15 is 0 Å². The van der Waals surface area contributed by atoms with Crippen LogP contribution < -0.4 is 0 Å². The highest BCUT2D eigenvalue weighted by atomic mass is 19.1. The van der Waals surface area contributed by atoms with Gasteiger partial charge in [0.05, 0.1) is 19.3 Å². The van der Waals surface area contributed by atoms with Gasteiger partial charge in [0.2, 0.25) is 0 Å². The van der Waals surface area contributed by atoms with Gasteiger partial charge in [0.1, 0.15) is 5.82 Å². The Morgan fingerprint density at radius 2 is 1.89 bits per heavy atom. The van der Waals surface area contributed by atoms with Crippen LogP contribution in [0.3, 0.4) is 0 Å². The molecule has 1 saturated heterocycles. The van der Waals surface area contributed by atoms with Crippen LogP contribution in [0.15, 0.2) is 24.3 Å². The number of ether oxygens (including phenoxy) is 1. The molecule has 0 spiro atoms. The summed E-state index contributed by atoms with van der Waals surface area (Å²) in [5.74, 6) is -0.277. The van der Waals surface area contributed by atoms with Crippen LogP contribution in [0.4, 0.5) is 4.39 Å². The summed E-state index contributed by atoms with van der Waals surface area (Å²) < 4.78 is 18.3. The molecule has 19 heavy (non-hydrogen) atoms. The molecule has 0 amide bonds. The normalized spacial score (nSPS) is 21.9. The molecule has 2 rings (SSSR count). The van der Waals surface area contributed by atoms with Gasteiger partial charge in [-0.2, -0.15) is 0 Å². The van der Waals surface area contributed by atoms with Gasteiger partial charge in [-0.25, -0.2) is 4.39 Å². The van der Waals surface area contributed by atoms with Crippen molar-refractivity contribution in [2.45, 2.75) is 31.9 Å². The molecule has 0 aliphatic carbocycles. The first-order valence-corrected chi connectivity index (χ1v) is 6.84. The largest absolute Gasteiger partial charge is 0.386 e. The van der Waals surface area contributed by atoms with Crippen LogP contribution in [0.25, 0.3) is 0 Å². The van der Waals surface area contributed by atoms with E-state index in [0.29, 0.717) is 13.2 Å². The standard InChI is InChI=1S/C15H22FNO2/c1-3-15(2,17-8-10-19-11-9-17)14(18)12-4-6-13(16)7-5-12/h4-7,14,18H,3,8-11H2,1-2H3. The molecule has 1 heterocycles. The lowest BCUT2D eigenvalue weighted by Crippen LogP contribution is -2.54. The van der Waals surface area contributed by atoms with Crippen LogP contribution >= 0.6 is 0 Å². The summed E-state index contributed by atoms with van der Waals surface area (Å²) in [5, 5.41) is 10.7. The van der Waals surface area contributed by atoms with E-state index in [0.717, 1.165) is 25.1 Å². The molecule has 0 bridgehead atoms. The smallest absolute Gasteiger partial charge is 0.123 e. The van der Waals surface area contributed by atoms with E-state index in [1.807, 2.05) is 0 Å². The maximum absolute atomic E-state index is 13.0. The fraction of sp³-hybridized carbons (Fsp3) is 0.600. The first kappa shape index (κ1) is 14.4. The van der Waals surface area contributed by atoms with Gasteiger partial charge in [-0.3, -0.25) is 4.90 Å². The minimum atomic E-state index is -0.629. The zero-order valence-electron chi connectivity index (χ0n) is 11.6. The molecule has 1 aromatic carbocycles. The molecule has 106 valence electrons. The SMILES string of the molecule is CCC(C)(C(O)c1ccc(F)cc1)N1CCOCC1. The molecular formula is C15H22FNO2. The zero-order valence-corrected chi connectivity index (χ0v) is 11.6. The summed E-state index contributed by atoms with van der Waals surface area (Å²) in [4.78, 5) is 2.27. The molecule has 1 aliphatic rings. The van der Waals surface area contributed by atoms with Gasteiger partial charge in [-0.15, -0.1) is 0 Å². The number of morpholine rings is 1. The topological polar surface area (TPSA) is 32.7 Å². The number of aliphatic hydroxyl groups is 1. The van der Waals surface area contributed by atoms with Crippen molar-refractivity contribution in [1.29, 1.82) is 0 Å². The highest BCUT2D eigenvalue weighted by molar-refractivity contribution is 5.22. The summed E-state index contributed by atoms with van der Waals surface area (Å²) in [5.41, 5.74) is 0.416. The van der Waals surface area contributed by atoms with Crippen LogP contribution in [-0.4, -0.2) is 41.8 Å². The molecular weight excluding hydrogens is 245 g/mol. The van der Waals surface area contributed by atoms with Crippen LogP contribution in [-0.2, 0) is 4.74 Å². The number of hydrogen-bond donors (Lipinski definition) is 1. The Morgan fingerprint density at radius 3 is 2.42 bits per heavy atom. The molecule has 2 atom stereocenters. The number of halogens is 1. The predicted molar refractivity (Wildman–Crippen MR) is 72.4 cm³/mol. The van der Waals surface area contributed by atoms with Gasteiger partial charge < -0.3 is 9.84 Å². The van der Waals surface area contributed by atoms with E-state index in [2.05, 4.69) is 18.7 Å². The molecule has 3 nitrogen and oxygen atoms in total. The van der Waals surface area contributed by atoms with Crippen LogP contribution in [0.5, 0.6) is 0 Å². The van der Waals surface area contributed by atoms with Crippen molar-refractivity contribution in [2.75, 3.05) is 26.3 Å². The number of benzene rings is 1. The van der Waals surface area contributed by atoms with Crippen molar-refractivity contribution < 1.29 is 14.2 Å². The molecule has 0 radical (unpaired) electrons.